The van der Waals surface area contributed by atoms with Gasteiger partial charge in [0.15, 0.2) is 0 Å². The van der Waals surface area contributed by atoms with Gasteiger partial charge in [-0.05, 0) is 44.4 Å². The van der Waals surface area contributed by atoms with Gasteiger partial charge < -0.3 is 5.32 Å². The molecular weight excluding hydrogens is 251 g/mol. The maximum absolute atomic E-state index is 12.8. The summed E-state index contributed by atoms with van der Waals surface area (Å²) in [5.41, 5.74) is 1.39. The quantitative estimate of drug-likeness (QED) is 0.928. The van der Waals surface area contributed by atoms with Crippen LogP contribution in [0.15, 0.2) is 18.3 Å². The maximum Gasteiger partial charge on any atom is 0.141 e. The summed E-state index contributed by atoms with van der Waals surface area (Å²) in [4.78, 5) is 5.03. The van der Waals surface area contributed by atoms with Gasteiger partial charge in [-0.3, -0.25) is 4.98 Å². The first-order valence-electron chi connectivity index (χ1n) is 5.64. The van der Waals surface area contributed by atoms with E-state index < -0.39 is 0 Å². The van der Waals surface area contributed by atoms with E-state index in [1.165, 1.54) is 23.8 Å². The van der Waals surface area contributed by atoms with Crippen molar-refractivity contribution in [2.24, 2.45) is 0 Å². The summed E-state index contributed by atoms with van der Waals surface area (Å²) in [6, 6.07) is 3.00. The Morgan fingerprint density at radius 3 is 2.72 bits per heavy atom. The lowest BCUT2D eigenvalue weighted by Gasteiger charge is -2.19. The van der Waals surface area contributed by atoms with Crippen molar-refractivity contribution in [1.82, 2.24) is 19.9 Å². The Hall–Kier alpha value is -1.40. The molecule has 0 bridgehead atoms. The molecule has 0 radical (unpaired) electrons. The number of hydrogen-bond acceptors (Lipinski definition) is 5. The summed E-state index contributed by atoms with van der Waals surface area (Å²) in [5.74, 6) is -0.351. The minimum Gasteiger partial charge on any atom is -0.307 e. The molecule has 4 nitrogen and oxygen atoms in total. The predicted molar refractivity (Wildman–Crippen MR) is 69.7 cm³/mol. The normalized spacial score (nSPS) is 11.8. The van der Waals surface area contributed by atoms with Gasteiger partial charge in [0.2, 0.25) is 0 Å². The molecular formula is C12H15FN4S. The van der Waals surface area contributed by atoms with Crippen molar-refractivity contribution in [2.45, 2.75) is 32.9 Å². The molecule has 0 aliphatic carbocycles. The molecule has 2 rings (SSSR count). The molecule has 18 heavy (non-hydrogen) atoms. The van der Waals surface area contributed by atoms with Gasteiger partial charge in [-0.15, -0.1) is 5.10 Å². The number of hydrogen-bond donors (Lipinski definition) is 1. The van der Waals surface area contributed by atoms with E-state index in [4.69, 9.17) is 0 Å². The molecule has 0 saturated heterocycles. The van der Waals surface area contributed by atoms with Crippen molar-refractivity contribution in [2.75, 3.05) is 0 Å². The van der Waals surface area contributed by atoms with Crippen LogP contribution in [0, 0.1) is 5.82 Å². The zero-order valence-electron chi connectivity index (χ0n) is 10.6. The number of halogens is 1. The zero-order chi connectivity index (χ0) is 13.2. The molecule has 0 aliphatic rings. The van der Waals surface area contributed by atoms with Crippen molar-refractivity contribution in [3.63, 3.8) is 0 Å². The first-order chi connectivity index (χ1) is 8.46. The average Bonchev–Trinajstić information content (AvgIpc) is 2.75. The maximum atomic E-state index is 12.8. The lowest BCUT2D eigenvalue weighted by Crippen LogP contribution is -2.34. The number of pyridine rings is 1. The van der Waals surface area contributed by atoms with Gasteiger partial charge in [0.1, 0.15) is 11.5 Å². The Morgan fingerprint density at radius 1 is 1.33 bits per heavy atom. The van der Waals surface area contributed by atoms with Crippen LogP contribution in [0.3, 0.4) is 0 Å². The van der Waals surface area contributed by atoms with Gasteiger partial charge in [-0.25, -0.2) is 4.39 Å². The number of nitrogens with zero attached hydrogens (tertiary/aromatic N) is 3. The Morgan fingerprint density at radius 2 is 2.11 bits per heavy atom. The first kappa shape index (κ1) is 13.0. The minimum absolute atomic E-state index is 0.0253. The fraction of sp³-hybridized carbons (Fsp3) is 0.417. The van der Waals surface area contributed by atoms with Crippen molar-refractivity contribution in [3.05, 3.63) is 29.0 Å². The number of rotatable bonds is 3. The Balaban J connectivity index is 2.20. The highest BCUT2D eigenvalue weighted by Crippen LogP contribution is 2.22. The van der Waals surface area contributed by atoms with Crippen molar-refractivity contribution < 1.29 is 4.39 Å². The molecule has 2 aromatic heterocycles. The van der Waals surface area contributed by atoms with Gasteiger partial charge in [-0.1, -0.05) is 4.49 Å². The zero-order valence-corrected chi connectivity index (χ0v) is 11.4. The van der Waals surface area contributed by atoms with Crippen molar-refractivity contribution >= 4 is 11.5 Å². The predicted octanol–water partition coefficient (Wildman–Crippen LogP) is 2.63. The molecule has 0 atom stereocenters. The van der Waals surface area contributed by atoms with Gasteiger partial charge in [0.25, 0.3) is 0 Å². The summed E-state index contributed by atoms with van der Waals surface area (Å²) in [5, 5.41) is 7.43. The topological polar surface area (TPSA) is 50.7 Å². The molecule has 0 unspecified atom stereocenters. The molecule has 0 amide bonds. The van der Waals surface area contributed by atoms with Crippen LogP contribution in [-0.2, 0) is 6.54 Å². The van der Waals surface area contributed by atoms with E-state index >= 15 is 0 Å². The summed E-state index contributed by atoms with van der Waals surface area (Å²) >= 11 is 1.33. The SMILES string of the molecule is CC(C)(C)NCc1snnc1-c1ccc(F)cn1. The second kappa shape index (κ2) is 5.07. The summed E-state index contributed by atoms with van der Waals surface area (Å²) in [6.07, 6.45) is 1.19. The third-order valence-corrected chi connectivity index (χ3v) is 3.03. The van der Waals surface area contributed by atoms with Crippen LogP contribution in [0.2, 0.25) is 0 Å². The van der Waals surface area contributed by atoms with Crippen LogP contribution in [0.1, 0.15) is 25.6 Å². The van der Waals surface area contributed by atoms with Crippen LogP contribution >= 0.6 is 11.5 Å². The molecule has 0 fully saturated rings. The highest BCUT2D eigenvalue weighted by Gasteiger charge is 2.15. The van der Waals surface area contributed by atoms with E-state index in [2.05, 4.69) is 40.7 Å². The standard InChI is InChI=1S/C12H15FN4S/c1-12(2,3)15-7-10-11(16-17-18-10)9-5-4-8(13)6-14-9/h4-6,15H,7H2,1-3H3. The lowest BCUT2D eigenvalue weighted by atomic mass is 10.1. The Kier molecular flexibility index (Phi) is 3.68. The molecule has 2 aromatic rings. The van der Waals surface area contributed by atoms with Crippen LogP contribution in [0.5, 0.6) is 0 Å². The number of aromatic nitrogens is 3. The first-order valence-corrected chi connectivity index (χ1v) is 6.41. The van der Waals surface area contributed by atoms with Crippen molar-refractivity contribution in [1.29, 1.82) is 0 Å². The Labute approximate surface area is 109 Å². The summed E-state index contributed by atoms with van der Waals surface area (Å²) in [7, 11) is 0. The van der Waals surface area contributed by atoms with Crippen molar-refractivity contribution in [3.8, 4) is 11.4 Å². The van der Waals surface area contributed by atoms with E-state index in [1.807, 2.05) is 0 Å². The lowest BCUT2D eigenvalue weighted by molar-refractivity contribution is 0.426. The van der Waals surface area contributed by atoms with Crippen LogP contribution in [0.4, 0.5) is 4.39 Å². The molecule has 1 N–H and O–H groups in total. The molecule has 2 heterocycles. The minimum atomic E-state index is -0.351. The van der Waals surface area contributed by atoms with Gasteiger partial charge >= 0.3 is 0 Å². The van der Waals surface area contributed by atoms with Gasteiger partial charge in [0, 0.05) is 12.1 Å². The van der Waals surface area contributed by atoms with Gasteiger partial charge in [-0.2, -0.15) is 0 Å². The second-order valence-corrected chi connectivity index (χ2v) is 5.85. The molecule has 6 heteroatoms. The third-order valence-electron chi connectivity index (χ3n) is 2.31. The molecule has 0 spiro atoms. The highest BCUT2D eigenvalue weighted by molar-refractivity contribution is 7.05. The highest BCUT2D eigenvalue weighted by atomic mass is 32.1. The molecule has 0 aromatic carbocycles. The van der Waals surface area contributed by atoms with Gasteiger partial charge in [0.05, 0.1) is 16.8 Å². The molecule has 96 valence electrons. The smallest absolute Gasteiger partial charge is 0.141 e. The molecule has 0 saturated carbocycles. The average molecular weight is 266 g/mol. The third kappa shape index (κ3) is 3.30. The summed E-state index contributed by atoms with van der Waals surface area (Å²) < 4.78 is 16.8. The second-order valence-electron chi connectivity index (χ2n) is 5.01. The summed E-state index contributed by atoms with van der Waals surface area (Å²) in [6.45, 7) is 6.96. The number of nitrogens with one attached hydrogen (secondary N) is 1. The van der Waals surface area contributed by atoms with E-state index in [1.54, 1.807) is 6.07 Å². The monoisotopic (exact) mass is 266 g/mol. The van der Waals surface area contributed by atoms with Crippen LogP contribution < -0.4 is 5.32 Å². The molecule has 0 aliphatic heterocycles. The van der Waals surface area contributed by atoms with E-state index in [9.17, 15) is 4.39 Å². The fourth-order valence-corrected chi connectivity index (χ4v) is 1.97. The van der Waals surface area contributed by atoms with E-state index in [0.29, 0.717) is 12.2 Å². The Bertz CT molecular complexity index is 516. The van der Waals surface area contributed by atoms with Crippen LogP contribution in [-0.4, -0.2) is 20.1 Å². The largest absolute Gasteiger partial charge is 0.307 e. The van der Waals surface area contributed by atoms with E-state index in [-0.39, 0.29) is 11.4 Å². The fourth-order valence-electron chi connectivity index (χ4n) is 1.38. The van der Waals surface area contributed by atoms with Crippen LogP contribution in [0.25, 0.3) is 11.4 Å². The van der Waals surface area contributed by atoms with E-state index in [0.717, 1.165) is 10.6 Å².